The molecule has 1 aromatic heterocycles. The first kappa shape index (κ1) is 12.4. The van der Waals surface area contributed by atoms with E-state index < -0.39 is 0 Å². The van der Waals surface area contributed by atoms with Gasteiger partial charge in [-0.2, -0.15) is 0 Å². The van der Waals surface area contributed by atoms with E-state index in [1.165, 1.54) is 22.0 Å². The Morgan fingerprint density at radius 3 is 3.10 bits per heavy atom. The Morgan fingerprint density at radius 1 is 1.40 bits per heavy atom. The van der Waals surface area contributed by atoms with Gasteiger partial charge in [0.05, 0.1) is 0 Å². The van der Waals surface area contributed by atoms with Gasteiger partial charge in [0.15, 0.2) is 0 Å². The van der Waals surface area contributed by atoms with E-state index in [1.54, 1.807) is 0 Å². The van der Waals surface area contributed by atoms with Crippen molar-refractivity contribution in [3.63, 3.8) is 0 Å². The van der Waals surface area contributed by atoms with Crippen molar-refractivity contribution < 1.29 is 5.11 Å². The highest BCUT2D eigenvalue weighted by Gasteiger charge is 2.39. The predicted octanol–water partition coefficient (Wildman–Crippen LogP) is 2.51. The van der Waals surface area contributed by atoms with Crippen LogP contribution in [0.25, 0.3) is 10.9 Å². The van der Waals surface area contributed by atoms with E-state index in [2.05, 4.69) is 41.2 Å². The Hall–Kier alpha value is -1.32. The van der Waals surface area contributed by atoms with Crippen LogP contribution in [0.15, 0.2) is 24.4 Å². The molecule has 1 aliphatic heterocycles. The number of piperidine rings is 1. The van der Waals surface area contributed by atoms with Gasteiger partial charge in [-0.25, -0.2) is 0 Å². The number of likely N-dealkylation sites (N-methyl/N-ethyl adjacent to an activating group) is 1. The number of rotatable bonds is 2. The van der Waals surface area contributed by atoms with Crippen LogP contribution in [0.1, 0.15) is 30.4 Å². The van der Waals surface area contributed by atoms with Crippen molar-refractivity contribution in [1.82, 2.24) is 9.88 Å². The van der Waals surface area contributed by atoms with Crippen LogP contribution in [0.4, 0.5) is 0 Å². The van der Waals surface area contributed by atoms with Crippen LogP contribution in [-0.2, 0) is 6.42 Å². The van der Waals surface area contributed by atoms with Gasteiger partial charge < -0.3 is 10.1 Å². The third-order valence-corrected chi connectivity index (χ3v) is 5.33. The smallest absolute Gasteiger partial charge is 0.0471 e. The maximum Gasteiger partial charge on any atom is 0.0471 e. The van der Waals surface area contributed by atoms with Crippen molar-refractivity contribution in [2.24, 2.45) is 5.92 Å². The number of aliphatic hydroxyl groups is 1. The van der Waals surface area contributed by atoms with Gasteiger partial charge in [0.2, 0.25) is 0 Å². The molecule has 0 saturated carbocycles. The van der Waals surface area contributed by atoms with Gasteiger partial charge in [0, 0.05) is 42.2 Å². The average molecular weight is 270 g/mol. The number of likely N-dealkylation sites (tertiary alicyclic amines) is 1. The number of fused-ring (bicyclic) bond motifs is 2. The summed E-state index contributed by atoms with van der Waals surface area (Å²) < 4.78 is 0. The molecule has 106 valence electrons. The first-order chi connectivity index (χ1) is 9.81. The molecule has 0 unspecified atom stereocenters. The van der Waals surface area contributed by atoms with E-state index in [0.29, 0.717) is 24.5 Å². The normalized spacial score (nSPS) is 29.6. The lowest BCUT2D eigenvalue weighted by molar-refractivity contribution is 0.0612. The number of H-pyrrole nitrogens is 1. The topological polar surface area (TPSA) is 39.3 Å². The van der Waals surface area contributed by atoms with Crippen LogP contribution in [0.3, 0.4) is 0 Å². The maximum atomic E-state index is 9.61. The second kappa shape index (κ2) is 4.61. The van der Waals surface area contributed by atoms with Crippen molar-refractivity contribution in [2.45, 2.75) is 31.7 Å². The van der Waals surface area contributed by atoms with Crippen molar-refractivity contribution in [3.05, 3.63) is 35.5 Å². The quantitative estimate of drug-likeness (QED) is 0.880. The molecule has 1 fully saturated rings. The third-order valence-electron chi connectivity index (χ3n) is 5.33. The zero-order valence-electron chi connectivity index (χ0n) is 12.0. The molecule has 0 radical (unpaired) electrons. The molecule has 1 aliphatic carbocycles. The Kier molecular flexibility index (Phi) is 2.86. The number of benzene rings is 1. The highest BCUT2D eigenvalue weighted by molar-refractivity contribution is 5.88. The van der Waals surface area contributed by atoms with Crippen molar-refractivity contribution in [1.29, 1.82) is 0 Å². The molecule has 0 bridgehead atoms. The second-order valence-corrected chi connectivity index (χ2v) is 6.33. The summed E-state index contributed by atoms with van der Waals surface area (Å²) in [4.78, 5) is 5.99. The van der Waals surface area contributed by atoms with E-state index in [9.17, 15) is 5.11 Å². The number of aromatic nitrogens is 1. The zero-order chi connectivity index (χ0) is 13.7. The summed E-state index contributed by atoms with van der Waals surface area (Å²) in [6, 6.07) is 7.24. The minimum Gasteiger partial charge on any atom is -0.396 e. The molecule has 0 spiro atoms. The van der Waals surface area contributed by atoms with Gasteiger partial charge in [0.25, 0.3) is 0 Å². The van der Waals surface area contributed by atoms with Gasteiger partial charge in [-0.3, -0.25) is 4.90 Å². The predicted molar refractivity (Wildman–Crippen MR) is 81.0 cm³/mol. The van der Waals surface area contributed by atoms with Crippen LogP contribution in [0.2, 0.25) is 0 Å². The number of hydrogen-bond donors (Lipinski definition) is 2. The first-order valence-corrected chi connectivity index (χ1v) is 7.75. The molecule has 3 nitrogen and oxygen atoms in total. The van der Waals surface area contributed by atoms with Gasteiger partial charge in [0.1, 0.15) is 0 Å². The summed E-state index contributed by atoms with van der Waals surface area (Å²) in [5, 5.41) is 11.1. The molecular weight excluding hydrogens is 248 g/mol. The summed E-state index contributed by atoms with van der Waals surface area (Å²) in [5.41, 5.74) is 4.23. The number of nitrogens with zero attached hydrogens (tertiary/aromatic N) is 1. The Labute approximate surface area is 119 Å². The molecule has 2 heterocycles. The van der Waals surface area contributed by atoms with Crippen molar-refractivity contribution >= 4 is 10.9 Å². The van der Waals surface area contributed by atoms with E-state index in [4.69, 9.17) is 0 Å². The highest BCUT2D eigenvalue weighted by Crippen LogP contribution is 2.44. The number of nitrogens with one attached hydrogen (secondary N) is 1. The third kappa shape index (κ3) is 1.66. The standard InChI is InChI=1S/C17H22N2O/c1-2-19-9-11(10-20)6-14-13-4-3-5-15-17(13)12(8-18-15)7-16(14)19/h3-5,8,11,14,16,18,20H,2,6-7,9-10H2,1H3/t11-,14-,16-/m1/s1. The van der Waals surface area contributed by atoms with Gasteiger partial charge in [-0.1, -0.05) is 19.1 Å². The Morgan fingerprint density at radius 2 is 2.30 bits per heavy atom. The summed E-state index contributed by atoms with van der Waals surface area (Å²) in [6.45, 7) is 4.68. The Bertz CT molecular complexity index is 633. The fraction of sp³-hybridized carbons (Fsp3) is 0.529. The summed E-state index contributed by atoms with van der Waals surface area (Å²) >= 11 is 0. The molecule has 4 rings (SSSR count). The highest BCUT2D eigenvalue weighted by atomic mass is 16.3. The van der Waals surface area contributed by atoms with Crippen LogP contribution in [0.5, 0.6) is 0 Å². The van der Waals surface area contributed by atoms with Gasteiger partial charge >= 0.3 is 0 Å². The van der Waals surface area contributed by atoms with Crippen LogP contribution in [-0.4, -0.2) is 40.7 Å². The molecule has 2 aromatic rings. The average Bonchev–Trinajstić information content (AvgIpc) is 2.91. The summed E-state index contributed by atoms with van der Waals surface area (Å²) in [6.07, 6.45) is 4.46. The van der Waals surface area contributed by atoms with E-state index in [1.807, 2.05) is 0 Å². The monoisotopic (exact) mass is 270 g/mol. The van der Waals surface area contributed by atoms with Crippen LogP contribution in [0, 0.1) is 5.92 Å². The molecule has 0 amide bonds. The molecule has 1 aromatic carbocycles. The van der Waals surface area contributed by atoms with E-state index >= 15 is 0 Å². The van der Waals surface area contributed by atoms with Crippen molar-refractivity contribution in [2.75, 3.05) is 19.7 Å². The van der Waals surface area contributed by atoms with E-state index in [0.717, 1.165) is 25.9 Å². The van der Waals surface area contributed by atoms with Crippen molar-refractivity contribution in [3.8, 4) is 0 Å². The molecule has 3 heteroatoms. The molecular formula is C17H22N2O. The molecule has 3 atom stereocenters. The van der Waals surface area contributed by atoms with Crippen LogP contribution >= 0.6 is 0 Å². The minimum absolute atomic E-state index is 0.315. The summed E-state index contributed by atoms with van der Waals surface area (Å²) in [7, 11) is 0. The lowest BCUT2D eigenvalue weighted by atomic mass is 9.72. The number of aliphatic hydroxyl groups excluding tert-OH is 1. The van der Waals surface area contributed by atoms with Gasteiger partial charge in [-0.15, -0.1) is 0 Å². The Balaban J connectivity index is 1.84. The number of hydrogen-bond acceptors (Lipinski definition) is 2. The lowest BCUT2D eigenvalue weighted by Crippen LogP contribution is -2.50. The fourth-order valence-electron chi connectivity index (χ4n) is 4.39. The van der Waals surface area contributed by atoms with Crippen LogP contribution < -0.4 is 0 Å². The van der Waals surface area contributed by atoms with Gasteiger partial charge in [-0.05, 0) is 42.5 Å². The maximum absolute atomic E-state index is 9.61. The zero-order valence-corrected chi connectivity index (χ0v) is 12.0. The first-order valence-electron chi connectivity index (χ1n) is 7.75. The summed E-state index contributed by atoms with van der Waals surface area (Å²) in [5.74, 6) is 1.000. The fourth-order valence-corrected chi connectivity index (χ4v) is 4.39. The minimum atomic E-state index is 0.315. The number of aromatic amines is 1. The molecule has 1 saturated heterocycles. The SMILES string of the molecule is CCN1C[C@H](CO)C[C@@H]2c3cccc4[nH]cc(c34)C[C@H]21. The molecule has 2 N–H and O–H groups in total. The lowest BCUT2D eigenvalue weighted by Gasteiger charge is -2.46. The largest absolute Gasteiger partial charge is 0.396 e. The second-order valence-electron chi connectivity index (χ2n) is 6.33. The van der Waals surface area contributed by atoms with E-state index in [-0.39, 0.29) is 0 Å². The molecule has 20 heavy (non-hydrogen) atoms. The molecule has 2 aliphatic rings.